The molecule has 0 saturated carbocycles. The summed E-state index contributed by atoms with van der Waals surface area (Å²) in [5, 5.41) is 8.80. The Labute approximate surface area is 105 Å². The maximum atomic E-state index is 13.3. The summed E-state index contributed by atoms with van der Waals surface area (Å²) >= 11 is 0. The molecule has 0 bridgehead atoms. The van der Waals surface area contributed by atoms with Crippen LogP contribution < -0.4 is 4.72 Å². The molecule has 1 N–H and O–H groups in total. The number of nitrogens with zero attached hydrogens (tertiary/aromatic N) is 1. The first-order valence-electron chi connectivity index (χ1n) is 4.94. The molecule has 0 aliphatic carbocycles. The lowest BCUT2D eigenvalue weighted by Gasteiger charge is -2.19. The van der Waals surface area contributed by atoms with Crippen molar-refractivity contribution in [1.29, 1.82) is 5.26 Å². The summed E-state index contributed by atoms with van der Waals surface area (Å²) in [6.07, 6.45) is 5.18. The second-order valence-corrected chi connectivity index (χ2v) is 5.75. The molecule has 0 amide bonds. The predicted octanol–water partition coefficient (Wildman–Crippen LogP) is 1.39. The lowest BCUT2D eigenvalue weighted by atomic mass is 10.1. The van der Waals surface area contributed by atoms with Crippen molar-refractivity contribution in [3.8, 4) is 18.4 Å². The zero-order valence-corrected chi connectivity index (χ0v) is 10.7. The maximum absolute atomic E-state index is 13.3. The molecule has 6 heteroatoms. The molecule has 0 spiro atoms. The third-order valence-corrected chi connectivity index (χ3v) is 3.83. The summed E-state index contributed by atoms with van der Waals surface area (Å²) < 4.78 is 39.6. The third kappa shape index (κ3) is 2.86. The van der Waals surface area contributed by atoms with Crippen LogP contribution in [0.1, 0.15) is 19.4 Å². The van der Waals surface area contributed by atoms with Crippen molar-refractivity contribution in [2.24, 2.45) is 0 Å². The predicted molar refractivity (Wildman–Crippen MR) is 64.3 cm³/mol. The SMILES string of the molecule is C#CC(C)(C)NS(=O)(=O)c1cccc(F)c1C#N. The van der Waals surface area contributed by atoms with Crippen LogP contribution >= 0.6 is 0 Å². The first kappa shape index (κ1) is 14.2. The number of nitriles is 1. The van der Waals surface area contributed by atoms with E-state index in [-0.39, 0.29) is 0 Å². The number of hydrogen-bond acceptors (Lipinski definition) is 3. The van der Waals surface area contributed by atoms with Gasteiger partial charge in [0.2, 0.25) is 10.0 Å². The Morgan fingerprint density at radius 1 is 1.44 bits per heavy atom. The lowest BCUT2D eigenvalue weighted by Crippen LogP contribution is -2.42. The third-order valence-electron chi connectivity index (χ3n) is 2.13. The number of rotatable bonds is 3. The van der Waals surface area contributed by atoms with E-state index in [1.807, 2.05) is 0 Å². The van der Waals surface area contributed by atoms with Gasteiger partial charge < -0.3 is 0 Å². The summed E-state index contributed by atoms with van der Waals surface area (Å²) in [6.45, 7) is 2.96. The van der Waals surface area contributed by atoms with Gasteiger partial charge in [0.15, 0.2) is 0 Å². The van der Waals surface area contributed by atoms with Crippen LogP contribution in [0.15, 0.2) is 23.1 Å². The molecule has 18 heavy (non-hydrogen) atoms. The summed E-state index contributed by atoms with van der Waals surface area (Å²) in [5.74, 6) is 1.36. The van der Waals surface area contributed by atoms with E-state index in [0.717, 1.165) is 12.1 Å². The molecule has 0 aromatic heterocycles. The van der Waals surface area contributed by atoms with Gasteiger partial charge in [-0.3, -0.25) is 0 Å². The van der Waals surface area contributed by atoms with Crippen LogP contribution in [0.2, 0.25) is 0 Å². The summed E-state index contributed by atoms with van der Waals surface area (Å²) in [6, 6.07) is 4.91. The molecule has 0 saturated heterocycles. The fraction of sp³-hybridized carbons (Fsp3) is 0.250. The van der Waals surface area contributed by atoms with Crippen LogP contribution in [-0.2, 0) is 10.0 Å². The highest BCUT2D eigenvalue weighted by Crippen LogP contribution is 2.19. The van der Waals surface area contributed by atoms with Gasteiger partial charge in [0.25, 0.3) is 0 Å². The number of terminal acetylenes is 1. The Bertz CT molecular complexity index is 652. The van der Waals surface area contributed by atoms with Crippen LogP contribution in [0, 0.1) is 29.5 Å². The molecule has 0 aliphatic rings. The van der Waals surface area contributed by atoms with Gasteiger partial charge >= 0.3 is 0 Å². The summed E-state index contributed by atoms with van der Waals surface area (Å²) in [4.78, 5) is -0.423. The Kier molecular flexibility index (Phi) is 3.76. The minimum Gasteiger partial charge on any atom is -0.207 e. The van der Waals surface area contributed by atoms with Gasteiger partial charge in [0.05, 0.1) is 5.54 Å². The van der Waals surface area contributed by atoms with Gasteiger partial charge in [-0.1, -0.05) is 12.0 Å². The van der Waals surface area contributed by atoms with Gasteiger partial charge in [-0.15, -0.1) is 6.42 Å². The smallest absolute Gasteiger partial charge is 0.207 e. The molecule has 1 rings (SSSR count). The largest absolute Gasteiger partial charge is 0.243 e. The zero-order chi connectivity index (χ0) is 14.0. The van der Waals surface area contributed by atoms with Crippen molar-refractivity contribution >= 4 is 10.0 Å². The average Bonchev–Trinajstić information content (AvgIpc) is 2.27. The molecule has 0 fully saturated rings. The Morgan fingerprint density at radius 3 is 2.56 bits per heavy atom. The molecule has 1 aromatic rings. The fourth-order valence-corrected chi connectivity index (χ4v) is 2.77. The van der Waals surface area contributed by atoms with Gasteiger partial charge in [0, 0.05) is 0 Å². The lowest BCUT2D eigenvalue weighted by molar-refractivity contribution is 0.537. The number of halogens is 1. The topological polar surface area (TPSA) is 70.0 Å². The normalized spacial score (nSPS) is 11.6. The highest BCUT2D eigenvalue weighted by atomic mass is 32.2. The van der Waals surface area contributed by atoms with E-state index in [9.17, 15) is 12.8 Å². The number of benzene rings is 1. The van der Waals surface area contributed by atoms with Crippen molar-refractivity contribution in [2.45, 2.75) is 24.3 Å². The average molecular weight is 266 g/mol. The highest BCUT2D eigenvalue weighted by molar-refractivity contribution is 7.89. The van der Waals surface area contributed by atoms with E-state index in [4.69, 9.17) is 11.7 Å². The maximum Gasteiger partial charge on any atom is 0.243 e. The Hall–Kier alpha value is -1.89. The quantitative estimate of drug-likeness (QED) is 0.840. The van der Waals surface area contributed by atoms with E-state index >= 15 is 0 Å². The van der Waals surface area contributed by atoms with E-state index in [0.29, 0.717) is 0 Å². The van der Waals surface area contributed by atoms with Crippen LogP contribution in [-0.4, -0.2) is 14.0 Å². The fourth-order valence-electron chi connectivity index (χ4n) is 1.26. The Morgan fingerprint density at radius 2 is 2.06 bits per heavy atom. The van der Waals surface area contributed by atoms with E-state index < -0.39 is 31.8 Å². The first-order chi connectivity index (χ1) is 8.23. The summed E-state index contributed by atoms with van der Waals surface area (Å²) in [7, 11) is -4.05. The van der Waals surface area contributed by atoms with E-state index in [2.05, 4.69) is 10.6 Å². The Balaban J connectivity index is 3.37. The monoisotopic (exact) mass is 266 g/mol. The second-order valence-electron chi connectivity index (χ2n) is 4.10. The first-order valence-corrected chi connectivity index (χ1v) is 6.42. The van der Waals surface area contributed by atoms with Gasteiger partial charge in [-0.25, -0.2) is 12.8 Å². The van der Waals surface area contributed by atoms with Crippen LogP contribution in [0.5, 0.6) is 0 Å². The molecule has 0 radical (unpaired) electrons. The highest BCUT2D eigenvalue weighted by Gasteiger charge is 2.27. The van der Waals surface area contributed by atoms with Crippen molar-refractivity contribution in [1.82, 2.24) is 4.72 Å². The molecule has 94 valence electrons. The molecule has 0 heterocycles. The minimum absolute atomic E-state index is 0.423. The molecule has 0 atom stereocenters. The van der Waals surface area contributed by atoms with Gasteiger partial charge in [-0.05, 0) is 26.0 Å². The van der Waals surface area contributed by atoms with E-state index in [1.165, 1.54) is 26.0 Å². The van der Waals surface area contributed by atoms with Crippen molar-refractivity contribution in [3.05, 3.63) is 29.6 Å². The second kappa shape index (κ2) is 4.77. The molecule has 0 unspecified atom stereocenters. The number of sulfonamides is 1. The molecular weight excluding hydrogens is 255 g/mol. The molecule has 0 aliphatic heterocycles. The van der Waals surface area contributed by atoms with Gasteiger partial charge in [0.1, 0.15) is 22.3 Å². The molecular formula is C12H11FN2O2S. The molecule has 4 nitrogen and oxygen atoms in total. The number of hydrogen-bond donors (Lipinski definition) is 1. The zero-order valence-electron chi connectivity index (χ0n) is 9.86. The summed E-state index contributed by atoms with van der Waals surface area (Å²) in [5.41, 5.74) is -1.66. The van der Waals surface area contributed by atoms with Crippen molar-refractivity contribution in [3.63, 3.8) is 0 Å². The van der Waals surface area contributed by atoms with Crippen molar-refractivity contribution in [2.75, 3.05) is 0 Å². The van der Waals surface area contributed by atoms with Crippen LogP contribution in [0.4, 0.5) is 4.39 Å². The van der Waals surface area contributed by atoms with Crippen LogP contribution in [0.25, 0.3) is 0 Å². The molecule has 1 aromatic carbocycles. The van der Waals surface area contributed by atoms with Crippen molar-refractivity contribution < 1.29 is 12.8 Å². The standard InChI is InChI=1S/C12H11FN2O2S/c1-4-12(2,3)15-18(16,17)11-7-5-6-10(13)9(11)8-14/h1,5-7,15H,2-3H3. The minimum atomic E-state index is -4.05. The van der Waals surface area contributed by atoms with E-state index in [1.54, 1.807) is 0 Å². The van der Waals surface area contributed by atoms with Gasteiger partial charge in [-0.2, -0.15) is 9.98 Å². The van der Waals surface area contributed by atoms with Crippen LogP contribution in [0.3, 0.4) is 0 Å². The number of nitrogens with one attached hydrogen (secondary N) is 1.